The van der Waals surface area contributed by atoms with Crippen LogP contribution in [0.2, 0.25) is 0 Å². The van der Waals surface area contributed by atoms with Crippen LogP contribution in [0.25, 0.3) is 0 Å². The van der Waals surface area contributed by atoms with Gasteiger partial charge in [-0.1, -0.05) is 13.8 Å². The molecule has 1 aliphatic rings. The fraction of sp³-hybridized carbons (Fsp3) is 0.600. The smallest absolute Gasteiger partial charge is 0.257 e. The molecule has 1 saturated heterocycles. The van der Waals surface area contributed by atoms with Gasteiger partial charge in [-0.15, -0.1) is 0 Å². The Bertz CT molecular complexity index is 506. The fourth-order valence-electron chi connectivity index (χ4n) is 2.94. The molecule has 2 heterocycles. The van der Waals surface area contributed by atoms with Gasteiger partial charge in [-0.3, -0.25) is 4.79 Å². The predicted octanol–water partition coefficient (Wildman–Crippen LogP) is 3.39. The molecule has 1 aromatic heterocycles. The zero-order valence-electron chi connectivity index (χ0n) is 12.5. The van der Waals surface area contributed by atoms with Gasteiger partial charge in [0.25, 0.3) is 5.91 Å². The van der Waals surface area contributed by atoms with Gasteiger partial charge in [0.2, 0.25) is 0 Å². The number of nitrogens with zero attached hydrogens (tertiary/aromatic N) is 2. The van der Waals surface area contributed by atoms with Gasteiger partial charge in [0, 0.05) is 30.3 Å². The minimum Gasteiger partial charge on any atom is -0.372 e. The number of rotatable bonds is 2. The van der Waals surface area contributed by atoms with E-state index in [1.165, 1.54) is 6.42 Å². The molecule has 0 aromatic carbocycles. The number of carbonyl (C=O) groups is 1. The molecular formula is C15H22BrN3O. The Labute approximate surface area is 129 Å². The van der Waals surface area contributed by atoms with E-state index in [9.17, 15) is 4.79 Å². The maximum atomic E-state index is 12.9. The van der Waals surface area contributed by atoms with E-state index >= 15 is 0 Å². The van der Waals surface area contributed by atoms with E-state index in [0.717, 1.165) is 11.0 Å². The van der Waals surface area contributed by atoms with Crippen LogP contribution < -0.4 is 5.32 Å². The third-order valence-electron chi connectivity index (χ3n) is 4.18. The summed E-state index contributed by atoms with van der Waals surface area (Å²) in [6, 6.07) is 2.11. The first-order chi connectivity index (χ1) is 9.43. The normalized spacial score (nSPS) is 26.4. The summed E-state index contributed by atoms with van der Waals surface area (Å²) in [5.74, 6) is 1.77. The van der Waals surface area contributed by atoms with Crippen LogP contribution in [-0.2, 0) is 0 Å². The highest BCUT2D eigenvalue weighted by atomic mass is 79.9. The minimum atomic E-state index is 0.0639. The van der Waals surface area contributed by atoms with Crippen molar-refractivity contribution in [3.63, 3.8) is 0 Å². The Balaban J connectivity index is 2.32. The molecule has 1 aromatic rings. The number of aromatic nitrogens is 1. The second kappa shape index (κ2) is 6.12. The molecule has 1 fully saturated rings. The van der Waals surface area contributed by atoms with Gasteiger partial charge < -0.3 is 10.2 Å². The Morgan fingerprint density at radius 2 is 2.15 bits per heavy atom. The molecule has 5 heteroatoms. The molecule has 0 aliphatic carbocycles. The van der Waals surface area contributed by atoms with Crippen molar-refractivity contribution in [3.8, 4) is 0 Å². The van der Waals surface area contributed by atoms with E-state index in [4.69, 9.17) is 0 Å². The molecule has 2 rings (SSSR count). The number of carbonyl (C=O) groups excluding carboxylic acids is 1. The highest BCUT2D eigenvalue weighted by molar-refractivity contribution is 9.10. The lowest BCUT2D eigenvalue weighted by Crippen LogP contribution is -2.49. The first-order valence-corrected chi connectivity index (χ1v) is 7.87. The Morgan fingerprint density at radius 3 is 2.80 bits per heavy atom. The molecule has 1 aliphatic heterocycles. The number of piperidine rings is 1. The third kappa shape index (κ3) is 2.97. The molecule has 0 radical (unpaired) electrons. The molecule has 0 spiro atoms. The number of amides is 1. The number of likely N-dealkylation sites (tertiary alicyclic amines) is 1. The quantitative estimate of drug-likeness (QED) is 0.898. The van der Waals surface area contributed by atoms with Crippen molar-refractivity contribution in [3.05, 3.63) is 22.3 Å². The number of hydrogen-bond donors (Lipinski definition) is 1. The summed E-state index contributed by atoms with van der Waals surface area (Å²) in [6.45, 7) is 7.39. The summed E-state index contributed by atoms with van der Waals surface area (Å²) in [5, 5.41) is 3.00. The Kier molecular flexibility index (Phi) is 4.68. The van der Waals surface area contributed by atoms with E-state index < -0.39 is 0 Å². The molecule has 0 saturated carbocycles. The second-order valence-corrected chi connectivity index (χ2v) is 6.73. The van der Waals surface area contributed by atoms with Crippen molar-refractivity contribution in [2.45, 2.75) is 33.2 Å². The van der Waals surface area contributed by atoms with Crippen molar-refractivity contribution in [1.29, 1.82) is 0 Å². The summed E-state index contributed by atoms with van der Waals surface area (Å²) in [4.78, 5) is 19.1. The molecule has 4 nitrogen and oxygen atoms in total. The lowest BCUT2D eigenvalue weighted by molar-refractivity contribution is 0.0456. The van der Waals surface area contributed by atoms with Gasteiger partial charge in [0.15, 0.2) is 0 Å². The van der Waals surface area contributed by atoms with Crippen LogP contribution in [0.15, 0.2) is 16.7 Å². The van der Waals surface area contributed by atoms with Crippen LogP contribution in [0.5, 0.6) is 0 Å². The zero-order chi connectivity index (χ0) is 14.9. The highest BCUT2D eigenvalue weighted by Gasteiger charge is 2.33. The van der Waals surface area contributed by atoms with Crippen LogP contribution in [0.3, 0.4) is 0 Å². The lowest BCUT2D eigenvalue weighted by Gasteiger charge is -2.41. The van der Waals surface area contributed by atoms with Crippen LogP contribution in [-0.4, -0.2) is 35.4 Å². The Hall–Kier alpha value is -1.10. The number of nitrogens with one attached hydrogen (secondary N) is 1. The van der Waals surface area contributed by atoms with E-state index in [1.807, 2.05) is 11.0 Å². The van der Waals surface area contributed by atoms with E-state index in [-0.39, 0.29) is 11.9 Å². The van der Waals surface area contributed by atoms with Gasteiger partial charge >= 0.3 is 0 Å². The van der Waals surface area contributed by atoms with E-state index in [0.29, 0.717) is 23.2 Å². The largest absolute Gasteiger partial charge is 0.372 e. The molecule has 1 N–H and O–H groups in total. The molecule has 110 valence electrons. The van der Waals surface area contributed by atoms with Gasteiger partial charge in [-0.05, 0) is 47.2 Å². The molecule has 20 heavy (non-hydrogen) atoms. The van der Waals surface area contributed by atoms with Gasteiger partial charge in [-0.25, -0.2) is 4.98 Å². The number of pyridine rings is 1. The molecule has 3 unspecified atom stereocenters. The average Bonchev–Trinajstić information content (AvgIpc) is 2.42. The number of halogens is 1. The average molecular weight is 340 g/mol. The van der Waals surface area contributed by atoms with Crippen molar-refractivity contribution in [1.82, 2.24) is 9.88 Å². The van der Waals surface area contributed by atoms with Crippen molar-refractivity contribution in [2.24, 2.45) is 11.8 Å². The van der Waals surface area contributed by atoms with Crippen LogP contribution in [0, 0.1) is 11.8 Å². The summed E-state index contributed by atoms with van der Waals surface area (Å²) in [5.41, 5.74) is 0.634. The van der Waals surface area contributed by atoms with Crippen molar-refractivity contribution < 1.29 is 4.79 Å². The molecule has 3 atom stereocenters. The molecule has 0 bridgehead atoms. The van der Waals surface area contributed by atoms with Crippen molar-refractivity contribution >= 4 is 27.7 Å². The monoisotopic (exact) mass is 339 g/mol. The zero-order valence-corrected chi connectivity index (χ0v) is 14.1. The van der Waals surface area contributed by atoms with E-state index in [2.05, 4.69) is 47.0 Å². The minimum absolute atomic E-state index is 0.0639. The Morgan fingerprint density at radius 1 is 1.45 bits per heavy atom. The first-order valence-electron chi connectivity index (χ1n) is 7.08. The lowest BCUT2D eigenvalue weighted by atomic mass is 9.85. The first kappa shape index (κ1) is 15.3. The van der Waals surface area contributed by atoms with Crippen LogP contribution in [0.4, 0.5) is 5.82 Å². The van der Waals surface area contributed by atoms with Crippen LogP contribution in [0.1, 0.15) is 37.6 Å². The fourth-order valence-corrected chi connectivity index (χ4v) is 3.27. The molecule has 1 amide bonds. The summed E-state index contributed by atoms with van der Waals surface area (Å²) < 4.78 is 0.825. The van der Waals surface area contributed by atoms with Crippen LogP contribution >= 0.6 is 15.9 Å². The van der Waals surface area contributed by atoms with E-state index in [1.54, 1.807) is 13.2 Å². The SMILES string of the molecule is CNc1ncc(Br)cc1C(=O)N1CC(C)CC(C)C1C. The second-order valence-electron chi connectivity index (χ2n) is 5.82. The standard InChI is InChI=1S/C15H22BrN3O/c1-9-5-10(2)11(3)19(8-9)15(20)13-6-12(16)7-18-14(13)17-4/h6-7,9-11H,5,8H2,1-4H3,(H,17,18). The van der Waals surface area contributed by atoms with Gasteiger partial charge in [-0.2, -0.15) is 0 Å². The third-order valence-corrected chi connectivity index (χ3v) is 4.61. The summed E-state index contributed by atoms with van der Waals surface area (Å²) >= 11 is 3.40. The predicted molar refractivity (Wildman–Crippen MR) is 84.9 cm³/mol. The van der Waals surface area contributed by atoms with Crippen molar-refractivity contribution in [2.75, 3.05) is 18.9 Å². The summed E-state index contributed by atoms with van der Waals surface area (Å²) in [6.07, 6.45) is 2.88. The number of anilines is 1. The maximum Gasteiger partial charge on any atom is 0.257 e. The topological polar surface area (TPSA) is 45.2 Å². The highest BCUT2D eigenvalue weighted by Crippen LogP contribution is 2.29. The molecular weight excluding hydrogens is 318 g/mol. The number of hydrogen-bond acceptors (Lipinski definition) is 3. The van der Waals surface area contributed by atoms with Gasteiger partial charge in [0.05, 0.1) is 5.56 Å². The maximum absolute atomic E-state index is 12.9. The summed E-state index contributed by atoms with van der Waals surface area (Å²) in [7, 11) is 1.79. The van der Waals surface area contributed by atoms with Gasteiger partial charge in [0.1, 0.15) is 5.82 Å².